The summed E-state index contributed by atoms with van der Waals surface area (Å²) in [5.41, 5.74) is 6.81. The van der Waals surface area contributed by atoms with Gasteiger partial charge in [0.15, 0.2) is 11.5 Å². The highest BCUT2D eigenvalue weighted by Gasteiger charge is 2.08. The number of hydrogen-bond acceptors (Lipinski definition) is 3. The van der Waals surface area contributed by atoms with E-state index in [-0.39, 0.29) is 11.8 Å². The molecule has 0 bridgehead atoms. The molecule has 0 saturated heterocycles. The molecule has 1 rings (SSSR count). The van der Waals surface area contributed by atoms with Gasteiger partial charge in [0.2, 0.25) is 0 Å². The molecule has 0 radical (unpaired) electrons. The molecule has 17 heavy (non-hydrogen) atoms. The SMILES string of the molecule is CCOc1cccc(CCCC(N)CC)c1O. The third kappa shape index (κ3) is 4.27. The molecular formula is C14H23NO2. The van der Waals surface area contributed by atoms with E-state index in [2.05, 4.69) is 6.92 Å². The van der Waals surface area contributed by atoms with E-state index in [0.717, 1.165) is 31.2 Å². The van der Waals surface area contributed by atoms with Gasteiger partial charge in [0.1, 0.15) is 0 Å². The molecular weight excluding hydrogens is 214 g/mol. The fourth-order valence-corrected chi connectivity index (χ4v) is 1.80. The van der Waals surface area contributed by atoms with Gasteiger partial charge < -0.3 is 15.6 Å². The highest BCUT2D eigenvalue weighted by Crippen LogP contribution is 2.30. The Hall–Kier alpha value is -1.22. The molecule has 1 unspecified atom stereocenters. The van der Waals surface area contributed by atoms with Crippen molar-refractivity contribution in [3.63, 3.8) is 0 Å². The molecule has 1 aromatic rings. The van der Waals surface area contributed by atoms with Gasteiger partial charge in [0.25, 0.3) is 0 Å². The number of aromatic hydroxyl groups is 1. The molecule has 3 nitrogen and oxygen atoms in total. The van der Waals surface area contributed by atoms with Crippen molar-refractivity contribution in [2.75, 3.05) is 6.61 Å². The summed E-state index contributed by atoms with van der Waals surface area (Å²) in [5, 5.41) is 9.99. The first-order valence-electron chi connectivity index (χ1n) is 6.38. The van der Waals surface area contributed by atoms with Gasteiger partial charge in [-0.05, 0) is 44.2 Å². The van der Waals surface area contributed by atoms with Crippen molar-refractivity contribution in [1.29, 1.82) is 0 Å². The molecule has 0 aromatic heterocycles. The van der Waals surface area contributed by atoms with Crippen molar-refractivity contribution in [2.45, 2.75) is 45.6 Å². The van der Waals surface area contributed by atoms with Crippen molar-refractivity contribution in [1.82, 2.24) is 0 Å². The Labute approximate surface area is 104 Å². The van der Waals surface area contributed by atoms with Crippen molar-refractivity contribution in [2.24, 2.45) is 5.73 Å². The number of phenols is 1. The van der Waals surface area contributed by atoms with Crippen molar-refractivity contribution in [3.8, 4) is 11.5 Å². The smallest absolute Gasteiger partial charge is 0.161 e. The number of rotatable bonds is 7. The van der Waals surface area contributed by atoms with Gasteiger partial charge in [0, 0.05) is 6.04 Å². The maximum absolute atomic E-state index is 9.99. The van der Waals surface area contributed by atoms with Gasteiger partial charge in [-0.25, -0.2) is 0 Å². The van der Waals surface area contributed by atoms with Crippen LogP contribution >= 0.6 is 0 Å². The van der Waals surface area contributed by atoms with E-state index < -0.39 is 0 Å². The average Bonchev–Trinajstić information content (AvgIpc) is 2.33. The van der Waals surface area contributed by atoms with Crippen molar-refractivity contribution in [3.05, 3.63) is 23.8 Å². The second-order valence-corrected chi connectivity index (χ2v) is 4.26. The average molecular weight is 237 g/mol. The number of aryl methyl sites for hydroxylation is 1. The summed E-state index contributed by atoms with van der Waals surface area (Å²) in [6, 6.07) is 5.92. The molecule has 0 aliphatic rings. The predicted octanol–water partition coefficient (Wildman–Crippen LogP) is 2.85. The summed E-state index contributed by atoms with van der Waals surface area (Å²) in [6.45, 7) is 4.57. The number of para-hydroxylation sites is 1. The summed E-state index contributed by atoms with van der Waals surface area (Å²) < 4.78 is 5.35. The Morgan fingerprint density at radius 3 is 2.76 bits per heavy atom. The first kappa shape index (κ1) is 13.8. The number of hydrogen-bond donors (Lipinski definition) is 2. The molecule has 0 aliphatic heterocycles. The molecule has 0 amide bonds. The van der Waals surface area contributed by atoms with Gasteiger partial charge in [-0.1, -0.05) is 19.1 Å². The van der Waals surface area contributed by atoms with E-state index in [1.54, 1.807) is 6.07 Å². The fourth-order valence-electron chi connectivity index (χ4n) is 1.80. The lowest BCUT2D eigenvalue weighted by molar-refractivity contribution is 0.316. The molecule has 0 saturated carbocycles. The van der Waals surface area contributed by atoms with Crippen LogP contribution in [0.3, 0.4) is 0 Å². The molecule has 0 heterocycles. The molecule has 96 valence electrons. The van der Waals surface area contributed by atoms with Crippen LogP contribution in [0.25, 0.3) is 0 Å². The van der Waals surface area contributed by atoms with E-state index in [1.165, 1.54) is 0 Å². The van der Waals surface area contributed by atoms with Gasteiger partial charge in [-0.15, -0.1) is 0 Å². The first-order chi connectivity index (χ1) is 8.19. The maximum Gasteiger partial charge on any atom is 0.161 e. The van der Waals surface area contributed by atoms with Crippen molar-refractivity contribution >= 4 is 0 Å². The van der Waals surface area contributed by atoms with Crippen LogP contribution in [0.2, 0.25) is 0 Å². The van der Waals surface area contributed by atoms with Crippen LogP contribution < -0.4 is 10.5 Å². The molecule has 3 heteroatoms. The molecule has 0 fully saturated rings. The lowest BCUT2D eigenvalue weighted by Gasteiger charge is -2.11. The standard InChI is InChI=1S/C14H23NO2/c1-3-12(15)9-5-7-11-8-6-10-13(14(11)16)17-4-2/h6,8,10,12,16H,3-5,7,9,15H2,1-2H3. The van der Waals surface area contributed by atoms with Gasteiger partial charge in [0.05, 0.1) is 6.61 Å². The van der Waals surface area contributed by atoms with E-state index in [9.17, 15) is 5.11 Å². The Bertz CT molecular complexity index is 339. The van der Waals surface area contributed by atoms with Crippen LogP contribution in [0.5, 0.6) is 11.5 Å². The minimum atomic E-state index is 0.271. The highest BCUT2D eigenvalue weighted by molar-refractivity contribution is 5.45. The molecule has 1 atom stereocenters. The number of nitrogens with two attached hydrogens (primary N) is 1. The Morgan fingerprint density at radius 1 is 1.35 bits per heavy atom. The maximum atomic E-state index is 9.99. The van der Waals surface area contributed by atoms with Crippen LogP contribution in [0.4, 0.5) is 0 Å². The predicted molar refractivity (Wildman–Crippen MR) is 70.5 cm³/mol. The fraction of sp³-hybridized carbons (Fsp3) is 0.571. The summed E-state index contributed by atoms with van der Waals surface area (Å²) in [7, 11) is 0. The zero-order valence-electron chi connectivity index (χ0n) is 10.8. The van der Waals surface area contributed by atoms with E-state index >= 15 is 0 Å². The van der Waals surface area contributed by atoms with Gasteiger partial charge in [-0.3, -0.25) is 0 Å². The van der Waals surface area contributed by atoms with Gasteiger partial charge in [-0.2, -0.15) is 0 Å². The topological polar surface area (TPSA) is 55.5 Å². The molecule has 0 spiro atoms. The molecule has 3 N–H and O–H groups in total. The van der Waals surface area contributed by atoms with E-state index in [1.807, 2.05) is 19.1 Å². The van der Waals surface area contributed by atoms with E-state index in [0.29, 0.717) is 12.4 Å². The third-order valence-corrected chi connectivity index (χ3v) is 2.93. The number of ether oxygens (including phenoxy) is 1. The summed E-state index contributed by atoms with van der Waals surface area (Å²) in [4.78, 5) is 0. The Kier molecular flexibility index (Phi) is 5.84. The lowest BCUT2D eigenvalue weighted by atomic mass is 10.0. The van der Waals surface area contributed by atoms with Crippen LogP contribution in [-0.2, 0) is 6.42 Å². The minimum absolute atomic E-state index is 0.271. The third-order valence-electron chi connectivity index (χ3n) is 2.93. The zero-order chi connectivity index (χ0) is 12.7. The van der Waals surface area contributed by atoms with Crippen LogP contribution in [0, 0.1) is 0 Å². The minimum Gasteiger partial charge on any atom is -0.504 e. The van der Waals surface area contributed by atoms with Crippen LogP contribution in [0.1, 0.15) is 38.7 Å². The normalized spacial score (nSPS) is 12.4. The monoisotopic (exact) mass is 237 g/mol. The highest BCUT2D eigenvalue weighted by atomic mass is 16.5. The van der Waals surface area contributed by atoms with E-state index in [4.69, 9.17) is 10.5 Å². The number of phenolic OH excluding ortho intramolecular Hbond substituents is 1. The zero-order valence-corrected chi connectivity index (χ0v) is 10.8. The quantitative estimate of drug-likeness (QED) is 0.766. The van der Waals surface area contributed by atoms with Crippen LogP contribution in [0.15, 0.2) is 18.2 Å². The molecule has 1 aromatic carbocycles. The summed E-state index contributed by atoms with van der Waals surface area (Å²) >= 11 is 0. The summed E-state index contributed by atoms with van der Waals surface area (Å²) in [6.07, 6.45) is 3.85. The second-order valence-electron chi connectivity index (χ2n) is 4.26. The largest absolute Gasteiger partial charge is 0.504 e. The second kappa shape index (κ2) is 7.17. The first-order valence-corrected chi connectivity index (χ1v) is 6.38. The van der Waals surface area contributed by atoms with Gasteiger partial charge >= 0.3 is 0 Å². The molecule has 0 aliphatic carbocycles. The lowest BCUT2D eigenvalue weighted by Crippen LogP contribution is -2.18. The van der Waals surface area contributed by atoms with Crippen molar-refractivity contribution < 1.29 is 9.84 Å². The summed E-state index contributed by atoms with van der Waals surface area (Å²) in [5.74, 6) is 0.851. The number of benzene rings is 1. The Balaban J connectivity index is 2.56. The Morgan fingerprint density at radius 2 is 2.12 bits per heavy atom. The van der Waals surface area contributed by atoms with Crippen LogP contribution in [-0.4, -0.2) is 17.8 Å².